The fraction of sp³-hybridized carbons (Fsp3) is 0.400. The summed E-state index contributed by atoms with van der Waals surface area (Å²) in [6, 6.07) is 9.36. The van der Waals surface area contributed by atoms with Gasteiger partial charge in [0, 0.05) is 30.8 Å². The number of hydrogen-bond acceptors (Lipinski definition) is 7. The Kier molecular flexibility index (Phi) is 8.72. The lowest BCUT2D eigenvalue weighted by Crippen LogP contribution is -2.36. The predicted octanol–water partition coefficient (Wildman–Crippen LogP) is 1.97. The molecule has 2 aromatic rings. The topological polar surface area (TPSA) is 116 Å². The number of aryl methyl sites for hydroxylation is 2. The van der Waals surface area contributed by atoms with E-state index in [-0.39, 0.29) is 31.2 Å². The monoisotopic (exact) mass is 419 g/mol. The summed E-state index contributed by atoms with van der Waals surface area (Å²) in [5.74, 6) is 0.0530. The second-order valence-corrected chi connectivity index (χ2v) is 7.46. The van der Waals surface area contributed by atoms with Crippen LogP contribution in [0.4, 0.5) is 0 Å². The number of carbonyl (C=O) groups excluding carboxylic acids is 3. The molecule has 2 rings (SSSR count). The number of carbonyl (C=O) groups is 3. The van der Waals surface area contributed by atoms with Crippen LogP contribution in [0.3, 0.4) is 0 Å². The zero-order valence-electron chi connectivity index (χ0n) is 16.6. The van der Waals surface area contributed by atoms with E-state index in [1.165, 1.54) is 16.7 Å². The number of nitrogens with zero attached hydrogens (tertiary/aromatic N) is 2. The second kappa shape index (κ2) is 11.3. The molecule has 2 N–H and O–H groups in total. The third-order valence-corrected chi connectivity index (χ3v) is 5.13. The summed E-state index contributed by atoms with van der Waals surface area (Å²) in [4.78, 5) is 37.0. The van der Waals surface area contributed by atoms with E-state index in [0.717, 1.165) is 22.6 Å². The van der Waals surface area contributed by atoms with Gasteiger partial charge in [-0.15, -0.1) is 11.8 Å². The first-order valence-electron chi connectivity index (χ1n) is 9.12. The van der Waals surface area contributed by atoms with Crippen molar-refractivity contribution >= 4 is 29.5 Å². The van der Waals surface area contributed by atoms with Gasteiger partial charge in [0.2, 0.25) is 5.91 Å². The summed E-state index contributed by atoms with van der Waals surface area (Å²) in [5, 5.41) is 3.87. The third kappa shape index (κ3) is 7.61. The summed E-state index contributed by atoms with van der Waals surface area (Å²) >= 11 is 1.36. The van der Waals surface area contributed by atoms with Gasteiger partial charge in [-0.05, 0) is 19.4 Å². The van der Waals surface area contributed by atoms with Gasteiger partial charge < -0.3 is 19.9 Å². The van der Waals surface area contributed by atoms with Gasteiger partial charge in [-0.25, -0.2) is 0 Å². The molecule has 0 saturated heterocycles. The van der Waals surface area contributed by atoms with Crippen LogP contribution in [0, 0.1) is 13.8 Å². The lowest BCUT2D eigenvalue weighted by Gasteiger charge is -2.22. The number of primary amides is 1. The number of thioether (sulfide) groups is 1. The minimum absolute atomic E-state index is 0.0415. The summed E-state index contributed by atoms with van der Waals surface area (Å²) in [7, 11) is 0. The Morgan fingerprint density at radius 1 is 1.21 bits per heavy atom. The van der Waals surface area contributed by atoms with Gasteiger partial charge >= 0.3 is 5.97 Å². The average molecular weight is 420 g/mol. The maximum atomic E-state index is 12.5. The van der Waals surface area contributed by atoms with Gasteiger partial charge in [-0.1, -0.05) is 35.5 Å². The average Bonchev–Trinajstić information content (AvgIpc) is 3.02. The molecule has 156 valence electrons. The van der Waals surface area contributed by atoms with Gasteiger partial charge in [0.1, 0.15) is 5.76 Å². The number of esters is 1. The Morgan fingerprint density at radius 3 is 2.55 bits per heavy atom. The molecule has 1 aromatic carbocycles. The highest BCUT2D eigenvalue weighted by Gasteiger charge is 2.17. The molecule has 0 fully saturated rings. The Balaban J connectivity index is 1.81. The lowest BCUT2D eigenvalue weighted by molar-refractivity contribution is -0.150. The Hall–Kier alpha value is -2.81. The van der Waals surface area contributed by atoms with Gasteiger partial charge in [0.25, 0.3) is 5.91 Å². The lowest BCUT2D eigenvalue weighted by atomic mass is 10.2. The third-order valence-electron chi connectivity index (χ3n) is 4.20. The highest BCUT2D eigenvalue weighted by Crippen LogP contribution is 2.19. The van der Waals surface area contributed by atoms with Crippen LogP contribution >= 0.6 is 11.8 Å². The highest BCUT2D eigenvalue weighted by atomic mass is 32.2. The first-order chi connectivity index (χ1) is 13.9. The second-order valence-electron chi connectivity index (χ2n) is 6.47. The van der Waals surface area contributed by atoms with E-state index in [9.17, 15) is 14.4 Å². The van der Waals surface area contributed by atoms with Crippen molar-refractivity contribution in [1.82, 2.24) is 10.1 Å². The molecule has 9 heteroatoms. The molecular weight excluding hydrogens is 394 g/mol. The number of aromatic nitrogens is 1. The smallest absolute Gasteiger partial charge is 0.316 e. The van der Waals surface area contributed by atoms with Gasteiger partial charge in [0.05, 0.1) is 11.4 Å². The van der Waals surface area contributed by atoms with E-state index in [4.69, 9.17) is 15.0 Å². The molecule has 0 spiro atoms. The summed E-state index contributed by atoms with van der Waals surface area (Å²) < 4.78 is 10.2. The molecule has 8 nitrogen and oxygen atoms in total. The van der Waals surface area contributed by atoms with Crippen molar-refractivity contribution in [3.8, 4) is 0 Å². The molecule has 1 aromatic heterocycles. The van der Waals surface area contributed by atoms with E-state index in [1.54, 1.807) is 0 Å². The molecule has 0 bridgehead atoms. The SMILES string of the molecule is Cc1noc(C)c1CSCC(=O)OCC(=O)N(CCC(N)=O)Cc1ccccc1. The summed E-state index contributed by atoms with van der Waals surface area (Å²) in [5.41, 5.74) is 7.86. The van der Waals surface area contributed by atoms with Crippen molar-refractivity contribution in [2.24, 2.45) is 5.73 Å². The molecule has 0 radical (unpaired) electrons. The highest BCUT2D eigenvalue weighted by molar-refractivity contribution is 7.99. The number of benzene rings is 1. The number of hydrogen-bond donors (Lipinski definition) is 1. The van der Waals surface area contributed by atoms with Crippen molar-refractivity contribution in [3.63, 3.8) is 0 Å². The maximum Gasteiger partial charge on any atom is 0.316 e. The van der Waals surface area contributed by atoms with E-state index in [1.807, 2.05) is 44.2 Å². The zero-order chi connectivity index (χ0) is 21.2. The molecule has 2 amide bonds. The molecule has 0 aliphatic carbocycles. The quantitative estimate of drug-likeness (QED) is 0.554. The molecular formula is C20H25N3O5S. The first kappa shape index (κ1) is 22.5. The normalized spacial score (nSPS) is 10.6. The largest absolute Gasteiger partial charge is 0.455 e. The fourth-order valence-electron chi connectivity index (χ4n) is 2.56. The van der Waals surface area contributed by atoms with Crippen LogP contribution in [0.2, 0.25) is 0 Å². The number of amides is 2. The van der Waals surface area contributed by atoms with E-state index < -0.39 is 11.9 Å². The van der Waals surface area contributed by atoms with Gasteiger partial charge in [-0.2, -0.15) is 0 Å². The van der Waals surface area contributed by atoms with Crippen LogP contribution in [0.5, 0.6) is 0 Å². The molecule has 0 aliphatic heterocycles. The van der Waals surface area contributed by atoms with Crippen molar-refractivity contribution < 1.29 is 23.6 Å². The Bertz CT molecular complexity index is 818. The molecule has 0 aliphatic rings. The summed E-state index contributed by atoms with van der Waals surface area (Å²) in [6.45, 7) is 3.76. The van der Waals surface area contributed by atoms with Crippen molar-refractivity contribution in [2.45, 2.75) is 32.6 Å². The van der Waals surface area contributed by atoms with E-state index >= 15 is 0 Å². The zero-order valence-corrected chi connectivity index (χ0v) is 17.4. The van der Waals surface area contributed by atoms with Crippen molar-refractivity contribution in [1.29, 1.82) is 0 Å². The van der Waals surface area contributed by atoms with Crippen LogP contribution in [0.1, 0.15) is 29.0 Å². The fourth-order valence-corrected chi connectivity index (χ4v) is 3.53. The first-order valence-corrected chi connectivity index (χ1v) is 10.3. The van der Waals surface area contributed by atoms with Gasteiger partial charge in [0.15, 0.2) is 6.61 Å². The molecule has 1 heterocycles. The molecule has 29 heavy (non-hydrogen) atoms. The number of nitrogens with two attached hydrogens (primary N) is 1. The van der Waals surface area contributed by atoms with Crippen LogP contribution in [0.15, 0.2) is 34.9 Å². The van der Waals surface area contributed by atoms with Crippen LogP contribution in [0.25, 0.3) is 0 Å². The van der Waals surface area contributed by atoms with Crippen molar-refractivity contribution in [3.05, 3.63) is 52.9 Å². The van der Waals surface area contributed by atoms with Gasteiger partial charge in [-0.3, -0.25) is 14.4 Å². The summed E-state index contributed by atoms with van der Waals surface area (Å²) in [6.07, 6.45) is 0.0415. The molecule has 0 unspecified atom stereocenters. The van der Waals surface area contributed by atoms with E-state index in [2.05, 4.69) is 5.16 Å². The maximum absolute atomic E-state index is 12.5. The van der Waals surface area contributed by atoms with E-state index in [0.29, 0.717) is 12.3 Å². The van der Waals surface area contributed by atoms with Crippen LogP contribution in [-0.4, -0.2) is 46.7 Å². The minimum Gasteiger partial charge on any atom is -0.455 e. The Labute approximate surface area is 173 Å². The minimum atomic E-state index is -0.497. The number of rotatable bonds is 11. The number of ether oxygens (including phenoxy) is 1. The predicted molar refractivity (Wildman–Crippen MR) is 109 cm³/mol. The van der Waals surface area contributed by atoms with Crippen LogP contribution in [-0.2, 0) is 31.4 Å². The molecule has 0 saturated carbocycles. The Morgan fingerprint density at radius 2 is 1.93 bits per heavy atom. The standard InChI is InChI=1S/C20H25N3O5S/c1-14-17(15(2)28-22-14)12-29-13-20(26)27-11-19(25)23(9-8-18(21)24)10-16-6-4-3-5-7-16/h3-7H,8-13H2,1-2H3,(H2,21,24). The van der Waals surface area contributed by atoms with Crippen LogP contribution < -0.4 is 5.73 Å². The molecule has 0 atom stereocenters. The van der Waals surface area contributed by atoms with Crippen molar-refractivity contribution in [2.75, 3.05) is 18.9 Å².